The number of fused-ring (bicyclic) bond motifs is 1. The molecule has 3 rings (SSSR count). The van der Waals surface area contributed by atoms with E-state index in [1.54, 1.807) is 0 Å². The summed E-state index contributed by atoms with van der Waals surface area (Å²) in [5.41, 5.74) is 0.192. The number of alkyl halides is 1. The molecule has 2 heterocycles. The number of rotatable bonds is 5. The lowest BCUT2D eigenvalue weighted by Gasteiger charge is -2.28. The normalized spacial score (nSPS) is 19.3. The average Bonchev–Trinajstić information content (AvgIpc) is 3.21. The van der Waals surface area contributed by atoms with E-state index >= 15 is 0 Å². The summed E-state index contributed by atoms with van der Waals surface area (Å²) in [4.78, 5) is 36.5. The first-order valence-corrected chi connectivity index (χ1v) is 7.63. The van der Waals surface area contributed by atoms with Crippen molar-refractivity contribution in [3.63, 3.8) is 0 Å². The van der Waals surface area contributed by atoms with E-state index in [2.05, 4.69) is 0 Å². The Morgan fingerprint density at radius 2 is 2.09 bits per heavy atom. The van der Waals surface area contributed by atoms with Crippen molar-refractivity contribution in [1.82, 2.24) is 4.90 Å². The van der Waals surface area contributed by atoms with E-state index in [-0.39, 0.29) is 17.7 Å². The number of amides is 2. The molecule has 1 saturated carbocycles. The highest BCUT2D eigenvalue weighted by Crippen LogP contribution is 2.34. The predicted octanol–water partition coefficient (Wildman–Crippen LogP) is 2.21. The van der Waals surface area contributed by atoms with Crippen LogP contribution in [0.3, 0.4) is 0 Å². The Labute approximate surface area is 127 Å². The third-order valence-electron chi connectivity index (χ3n) is 4.24. The summed E-state index contributed by atoms with van der Waals surface area (Å²) in [7, 11) is 0. The number of carbonyl (C=O) groups is 2. The zero-order chi connectivity index (χ0) is 15.9. The van der Waals surface area contributed by atoms with Crippen LogP contribution in [0.2, 0.25) is 0 Å². The van der Waals surface area contributed by atoms with E-state index in [0.717, 1.165) is 25.7 Å². The third-order valence-corrected chi connectivity index (χ3v) is 4.24. The topological polar surface area (TPSA) is 67.6 Å². The molecular formula is C16H18FNO4. The molecule has 1 aromatic rings. The standard InChI is InChI=1S/C16H18FNO4/c1-9(17)18-13(19)8-12-15(16(18)21)11(7-14(20)22-12)4-2-3-10-5-6-10/h7,9-10H,2-6,8H2,1H3. The Bertz CT molecular complexity index is 675. The van der Waals surface area contributed by atoms with E-state index in [4.69, 9.17) is 4.42 Å². The van der Waals surface area contributed by atoms with E-state index in [0.29, 0.717) is 16.9 Å². The first kappa shape index (κ1) is 14.9. The van der Waals surface area contributed by atoms with Gasteiger partial charge in [0.15, 0.2) is 6.30 Å². The fourth-order valence-corrected chi connectivity index (χ4v) is 2.98. The second kappa shape index (κ2) is 5.66. The third kappa shape index (κ3) is 2.82. The maximum absolute atomic E-state index is 13.6. The molecule has 1 aliphatic heterocycles. The van der Waals surface area contributed by atoms with Crippen molar-refractivity contribution < 1.29 is 18.4 Å². The number of hydrogen-bond acceptors (Lipinski definition) is 4. The van der Waals surface area contributed by atoms with Crippen molar-refractivity contribution in [3.8, 4) is 0 Å². The molecule has 2 aliphatic rings. The molecule has 118 valence electrons. The van der Waals surface area contributed by atoms with Gasteiger partial charge in [0, 0.05) is 6.07 Å². The zero-order valence-electron chi connectivity index (χ0n) is 12.4. The SMILES string of the molecule is CC(F)N1C(=O)Cc2oc(=O)cc(CCCC3CC3)c2C1=O. The molecule has 1 unspecified atom stereocenters. The molecule has 1 aromatic heterocycles. The molecule has 2 amide bonds. The first-order valence-electron chi connectivity index (χ1n) is 7.63. The molecule has 1 fully saturated rings. The molecule has 0 bridgehead atoms. The molecule has 0 aromatic carbocycles. The highest BCUT2D eigenvalue weighted by molar-refractivity contribution is 6.10. The number of imide groups is 1. The molecule has 0 N–H and O–H groups in total. The van der Waals surface area contributed by atoms with Crippen molar-refractivity contribution in [1.29, 1.82) is 0 Å². The predicted molar refractivity (Wildman–Crippen MR) is 76.1 cm³/mol. The molecule has 1 aliphatic carbocycles. The van der Waals surface area contributed by atoms with Gasteiger partial charge < -0.3 is 4.42 Å². The average molecular weight is 307 g/mol. The lowest BCUT2D eigenvalue weighted by atomic mass is 9.96. The number of halogens is 1. The monoisotopic (exact) mass is 307 g/mol. The van der Waals surface area contributed by atoms with Gasteiger partial charge >= 0.3 is 5.63 Å². The highest BCUT2D eigenvalue weighted by Gasteiger charge is 2.37. The number of aryl methyl sites for hydroxylation is 1. The minimum Gasteiger partial charge on any atom is -0.426 e. The Kier molecular flexibility index (Phi) is 3.85. The Morgan fingerprint density at radius 1 is 1.36 bits per heavy atom. The van der Waals surface area contributed by atoms with Crippen molar-refractivity contribution >= 4 is 11.8 Å². The van der Waals surface area contributed by atoms with Gasteiger partial charge in [0.25, 0.3) is 5.91 Å². The van der Waals surface area contributed by atoms with Crippen LogP contribution in [0.15, 0.2) is 15.3 Å². The summed E-state index contributed by atoms with van der Waals surface area (Å²) in [6, 6.07) is 1.29. The van der Waals surface area contributed by atoms with Gasteiger partial charge in [-0.3, -0.25) is 9.59 Å². The summed E-state index contributed by atoms with van der Waals surface area (Å²) >= 11 is 0. The van der Waals surface area contributed by atoms with E-state index in [9.17, 15) is 18.8 Å². The van der Waals surface area contributed by atoms with E-state index in [1.807, 2.05) is 0 Å². The molecular weight excluding hydrogens is 289 g/mol. The molecule has 1 atom stereocenters. The van der Waals surface area contributed by atoms with Gasteiger partial charge in [-0.25, -0.2) is 14.1 Å². The van der Waals surface area contributed by atoms with Crippen LogP contribution in [0.5, 0.6) is 0 Å². The highest BCUT2D eigenvalue weighted by atomic mass is 19.1. The number of carbonyl (C=O) groups excluding carboxylic acids is 2. The van der Waals surface area contributed by atoms with Gasteiger partial charge in [-0.1, -0.05) is 19.3 Å². The molecule has 22 heavy (non-hydrogen) atoms. The Hall–Kier alpha value is -1.98. The van der Waals surface area contributed by atoms with Crippen LogP contribution in [0.1, 0.15) is 54.3 Å². The fraction of sp³-hybridized carbons (Fsp3) is 0.562. The van der Waals surface area contributed by atoms with Gasteiger partial charge in [-0.2, -0.15) is 0 Å². The molecule has 6 heteroatoms. The maximum Gasteiger partial charge on any atom is 0.336 e. The number of hydrogen-bond donors (Lipinski definition) is 0. The largest absolute Gasteiger partial charge is 0.426 e. The van der Waals surface area contributed by atoms with Gasteiger partial charge in [0.1, 0.15) is 5.76 Å². The lowest BCUT2D eigenvalue weighted by molar-refractivity contribution is -0.132. The fourth-order valence-electron chi connectivity index (χ4n) is 2.98. The summed E-state index contributed by atoms with van der Waals surface area (Å²) < 4.78 is 18.6. The summed E-state index contributed by atoms with van der Waals surface area (Å²) in [6.07, 6.45) is 3.04. The van der Waals surface area contributed by atoms with Crippen LogP contribution in [-0.4, -0.2) is 23.0 Å². The van der Waals surface area contributed by atoms with Crippen LogP contribution in [0.25, 0.3) is 0 Å². The summed E-state index contributed by atoms with van der Waals surface area (Å²) in [6.45, 7) is 1.15. The second-order valence-corrected chi connectivity index (χ2v) is 6.04. The van der Waals surface area contributed by atoms with Crippen LogP contribution in [-0.2, 0) is 17.6 Å². The van der Waals surface area contributed by atoms with Crippen LogP contribution in [0.4, 0.5) is 4.39 Å². The quantitative estimate of drug-likeness (QED) is 0.618. The molecule has 0 radical (unpaired) electrons. The van der Waals surface area contributed by atoms with Crippen LogP contribution in [0, 0.1) is 5.92 Å². The van der Waals surface area contributed by atoms with Gasteiger partial charge in [0.2, 0.25) is 5.91 Å². The summed E-state index contributed by atoms with van der Waals surface area (Å²) in [5, 5.41) is 0. The second-order valence-electron chi connectivity index (χ2n) is 6.04. The Balaban J connectivity index is 1.92. The van der Waals surface area contributed by atoms with Crippen molar-refractivity contribution in [2.45, 2.75) is 51.7 Å². The van der Waals surface area contributed by atoms with Gasteiger partial charge in [-0.05, 0) is 31.2 Å². The van der Waals surface area contributed by atoms with Gasteiger partial charge in [-0.15, -0.1) is 0 Å². The van der Waals surface area contributed by atoms with Crippen molar-refractivity contribution in [2.75, 3.05) is 0 Å². The van der Waals surface area contributed by atoms with Crippen molar-refractivity contribution in [2.24, 2.45) is 5.92 Å². The lowest BCUT2D eigenvalue weighted by Crippen LogP contribution is -2.46. The zero-order valence-corrected chi connectivity index (χ0v) is 12.4. The van der Waals surface area contributed by atoms with Crippen LogP contribution >= 0.6 is 0 Å². The molecule has 0 spiro atoms. The van der Waals surface area contributed by atoms with E-state index in [1.165, 1.54) is 18.9 Å². The van der Waals surface area contributed by atoms with Crippen LogP contribution < -0.4 is 5.63 Å². The first-order chi connectivity index (χ1) is 10.5. The minimum atomic E-state index is -1.70. The summed E-state index contributed by atoms with van der Waals surface area (Å²) in [5.74, 6) is -0.548. The van der Waals surface area contributed by atoms with E-state index < -0.39 is 23.7 Å². The molecule has 5 nitrogen and oxygen atoms in total. The molecule has 0 saturated heterocycles. The minimum absolute atomic E-state index is 0.0702. The maximum atomic E-state index is 13.6. The number of nitrogens with zero attached hydrogens (tertiary/aromatic N) is 1. The Morgan fingerprint density at radius 3 is 2.73 bits per heavy atom. The smallest absolute Gasteiger partial charge is 0.336 e. The van der Waals surface area contributed by atoms with Crippen molar-refractivity contribution in [3.05, 3.63) is 33.4 Å². The van der Waals surface area contributed by atoms with Gasteiger partial charge in [0.05, 0.1) is 12.0 Å².